The number of esters is 1. The van der Waals surface area contributed by atoms with Crippen LogP contribution in [0.1, 0.15) is 10.5 Å². The summed E-state index contributed by atoms with van der Waals surface area (Å²) in [5, 5.41) is 8.41. The fraction of sp³-hybridized carbons (Fsp3) is 0.143. The van der Waals surface area contributed by atoms with Crippen molar-refractivity contribution >= 4 is 17.6 Å². The van der Waals surface area contributed by atoms with Crippen molar-refractivity contribution in [2.75, 3.05) is 19.0 Å². The molecule has 2 aromatic rings. The Hall–Kier alpha value is -3.16. The molecule has 1 amide bonds. The molecule has 0 aliphatic carbocycles. The first-order valence-corrected chi connectivity index (χ1v) is 6.25. The summed E-state index contributed by atoms with van der Waals surface area (Å²) < 4.78 is 9.63. The van der Waals surface area contributed by atoms with Crippen LogP contribution in [0.3, 0.4) is 0 Å². The van der Waals surface area contributed by atoms with E-state index in [-0.39, 0.29) is 17.9 Å². The second kappa shape index (κ2) is 7.02. The van der Waals surface area contributed by atoms with E-state index in [0.717, 1.165) is 0 Å². The molecule has 0 saturated heterocycles. The Kier molecular flexibility index (Phi) is 4.86. The molecule has 8 nitrogen and oxygen atoms in total. The molecule has 0 bridgehead atoms. The van der Waals surface area contributed by atoms with Gasteiger partial charge in [-0.2, -0.15) is 5.10 Å². The summed E-state index contributed by atoms with van der Waals surface area (Å²) in [6.07, 6.45) is 0. The van der Waals surface area contributed by atoms with Gasteiger partial charge in [-0.25, -0.2) is 9.89 Å². The van der Waals surface area contributed by atoms with Gasteiger partial charge in [-0.3, -0.25) is 9.59 Å². The lowest BCUT2D eigenvalue weighted by Gasteiger charge is -2.07. The quantitative estimate of drug-likeness (QED) is 0.781. The van der Waals surface area contributed by atoms with Crippen molar-refractivity contribution in [3.8, 4) is 5.75 Å². The molecule has 114 valence electrons. The van der Waals surface area contributed by atoms with E-state index in [1.165, 1.54) is 19.2 Å². The number of aromatic nitrogens is 2. The number of ether oxygens (including phenoxy) is 2. The number of H-pyrrole nitrogens is 1. The third-order valence-corrected chi connectivity index (χ3v) is 2.61. The fourth-order valence-electron chi connectivity index (χ4n) is 1.50. The van der Waals surface area contributed by atoms with Crippen LogP contribution in [0.25, 0.3) is 0 Å². The van der Waals surface area contributed by atoms with E-state index in [1.807, 2.05) is 0 Å². The highest BCUT2D eigenvalue weighted by Gasteiger charge is 2.08. The first-order valence-electron chi connectivity index (χ1n) is 6.25. The van der Waals surface area contributed by atoms with Gasteiger partial charge in [0.15, 0.2) is 6.61 Å². The number of hydrogen-bond donors (Lipinski definition) is 2. The lowest BCUT2D eigenvalue weighted by atomic mass is 10.3. The Morgan fingerprint density at radius 1 is 1.18 bits per heavy atom. The molecular formula is C14H13N3O5. The van der Waals surface area contributed by atoms with E-state index in [9.17, 15) is 14.4 Å². The van der Waals surface area contributed by atoms with Gasteiger partial charge in [0.2, 0.25) is 0 Å². The Balaban J connectivity index is 1.96. The normalized spacial score (nSPS) is 9.86. The lowest BCUT2D eigenvalue weighted by Crippen LogP contribution is -2.17. The van der Waals surface area contributed by atoms with Gasteiger partial charge in [0.05, 0.1) is 7.11 Å². The molecule has 1 aromatic carbocycles. The number of anilines is 1. The third kappa shape index (κ3) is 4.17. The van der Waals surface area contributed by atoms with Crippen LogP contribution in [0.5, 0.6) is 5.75 Å². The number of nitrogens with one attached hydrogen (secondary N) is 2. The maximum atomic E-state index is 11.9. The summed E-state index contributed by atoms with van der Waals surface area (Å²) in [6, 6.07) is 8.94. The van der Waals surface area contributed by atoms with E-state index >= 15 is 0 Å². The van der Waals surface area contributed by atoms with Gasteiger partial charge in [0, 0.05) is 11.8 Å². The molecule has 0 aliphatic rings. The largest absolute Gasteiger partial charge is 0.482 e. The summed E-state index contributed by atoms with van der Waals surface area (Å²) in [7, 11) is 1.27. The molecule has 2 N–H and O–H groups in total. The van der Waals surface area contributed by atoms with Crippen molar-refractivity contribution in [1.29, 1.82) is 0 Å². The predicted molar refractivity (Wildman–Crippen MR) is 76.8 cm³/mol. The minimum absolute atomic E-state index is 0.0885. The number of amides is 1. The van der Waals surface area contributed by atoms with Crippen LogP contribution in [-0.4, -0.2) is 35.8 Å². The molecular weight excluding hydrogens is 290 g/mol. The number of rotatable bonds is 5. The van der Waals surface area contributed by atoms with E-state index in [1.54, 1.807) is 24.3 Å². The van der Waals surface area contributed by atoms with Gasteiger partial charge >= 0.3 is 5.97 Å². The topological polar surface area (TPSA) is 110 Å². The van der Waals surface area contributed by atoms with Crippen molar-refractivity contribution in [1.82, 2.24) is 10.2 Å². The van der Waals surface area contributed by atoms with Crippen LogP contribution >= 0.6 is 0 Å². The standard InChI is InChI=1S/C14H13N3O5/c1-21-13(19)8-22-10-4-2-9(3-5-10)15-14(20)11-6-7-12(18)17-16-11/h2-7H,8H2,1H3,(H,15,20)(H,17,18). The maximum absolute atomic E-state index is 11.9. The highest BCUT2D eigenvalue weighted by atomic mass is 16.6. The minimum atomic E-state index is -0.485. The predicted octanol–water partition coefficient (Wildman–Crippen LogP) is 0.574. The van der Waals surface area contributed by atoms with Crippen LogP contribution < -0.4 is 15.6 Å². The van der Waals surface area contributed by atoms with Gasteiger partial charge in [-0.15, -0.1) is 0 Å². The van der Waals surface area contributed by atoms with Crippen molar-refractivity contribution in [2.24, 2.45) is 0 Å². The monoisotopic (exact) mass is 303 g/mol. The zero-order valence-corrected chi connectivity index (χ0v) is 11.7. The maximum Gasteiger partial charge on any atom is 0.343 e. The van der Waals surface area contributed by atoms with Crippen LogP contribution in [0.2, 0.25) is 0 Å². The number of nitrogens with zero attached hydrogens (tertiary/aromatic N) is 1. The molecule has 1 aromatic heterocycles. The molecule has 0 unspecified atom stereocenters. The highest BCUT2D eigenvalue weighted by molar-refractivity contribution is 6.02. The Labute approximate surface area is 125 Å². The summed E-state index contributed by atoms with van der Waals surface area (Å²) in [5.74, 6) is -0.480. The average Bonchev–Trinajstić information content (AvgIpc) is 2.54. The molecule has 0 atom stereocenters. The zero-order chi connectivity index (χ0) is 15.9. The molecule has 0 aliphatic heterocycles. The summed E-state index contributed by atoms with van der Waals surface area (Å²) in [6.45, 7) is -0.191. The Morgan fingerprint density at radius 2 is 1.91 bits per heavy atom. The van der Waals surface area contributed by atoms with Crippen LogP contribution in [0, 0.1) is 0 Å². The van der Waals surface area contributed by atoms with Gasteiger partial charge in [-0.05, 0) is 30.3 Å². The Morgan fingerprint density at radius 3 is 2.50 bits per heavy atom. The van der Waals surface area contributed by atoms with E-state index < -0.39 is 11.9 Å². The van der Waals surface area contributed by atoms with Crippen LogP contribution in [-0.2, 0) is 9.53 Å². The van der Waals surface area contributed by atoms with Crippen LogP contribution in [0.4, 0.5) is 5.69 Å². The zero-order valence-electron chi connectivity index (χ0n) is 11.7. The van der Waals surface area contributed by atoms with Crippen molar-refractivity contribution in [3.05, 3.63) is 52.4 Å². The molecule has 22 heavy (non-hydrogen) atoms. The van der Waals surface area contributed by atoms with Gasteiger partial charge in [-0.1, -0.05) is 0 Å². The third-order valence-electron chi connectivity index (χ3n) is 2.61. The number of carbonyl (C=O) groups is 2. The molecule has 0 fully saturated rings. The molecule has 2 rings (SSSR count). The second-order valence-corrected chi connectivity index (χ2v) is 4.15. The second-order valence-electron chi connectivity index (χ2n) is 4.15. The smallest absolute Gasteiger partial charge is 0.343 e. The van der Waals surface area contributed by atoms with E-state index in [4.69, 9.17) is 4.74 Å². The van der Waals surface area contributed by atoms with E-state index in [2.05, 4.69) is 20.3 Å². The van der Waals surface area contributed by atoms with Gasteiger partial charge in [0.25, 0.3) is 11.5 Å². The molecule has 0 spiro atoms. The Bertz CT molecular complexity index is 704. The molecule has 0 saturated carbocycles. The van der Waals surface area contributed by atoms with E-state index in [0.29, 0.717) is 11.4 Å². The number of hydrogen-bond acceptors (Lipinski definition) is 6. The minimum Gasteiger partial charge on any atom is -0.482 e. The summed E-state index contributed by atoms with van der Waals surface area (Å²) in [4.78, 5) is 33.7. The highest BCUT2D eigenvalue weighted by Crippen LogP contribution is 2.16. The molecule has 1 heterocycles. The van der Waals surface area contributed by atoms with Crippen molar-refractivity contribution in [3.63, 3.8) is 0 Å². The first kappa shape index (κ1) is 15.2. The number of carbonyl (C=O) groups excluding carboxylic acids is 2. The average molecular weight is 303 g/mol. The molecule has 0 radical (unpaired) electrons. The number of benzene rings is 1. The van der Waals surface area contributed by atoms with Gasteiger partial charge in [0.1, 0.15) is 11.4 Å². The number of aromatic amines is 1. The van der Waals surface area contributed by atoms with Gasteiger partial charge < -0.3 is 14.8 Å². The summed E-state index contributed by atoms with van der Waals surface area (Å²) in [5.41, 5.74) is 0.220. The number of methoxy groups -OCH3 is 1. The van der Waals surface area contributed by atoms with Crippen molar-refractivity contribution < 1.29 is 19.1 Å². The first-order chi connectivity index (χ1) is 10.6. The lowest BCUT2D eigenvalue weighted by molar-refractivity contribution is -0.142. The SMILES string of the molecule is COC(=O)COc1ccc(NC(=O)c2ccc(=O)[nH]n2)cc1. The molecule has 8 heteroatoms. The van der Waals surface area contributed by atoms with Crippen LogP contribution in [0.15, 0.2) is 41.2 Å². The van der Waals surface area contributed by atoms with Crippen molar-refractivity contribution in [2.45, 2.75) is 0 Å². The fourth-order valence-corrected chi connectivity index (χ4v) is 1.50. The summed E-state index contributed by atoms with van der Waals surface area (Å²) >= 11 is 0.